The second-order valence-corrected chi connectivity index (χ2v) is 6.07. The van der Waals surface area contributed by atoms with Crippen LogP contribution in [0.5, 0.6) is 0 Å². The van der Waals surface area contributed by atoms with E-state index in [1.807, 2.05) is 44.4 Å². The van der Waals surface area contributed by atoms with E-state index in [1.165, 1.54) is 11.1 Å². The van der Waals surface area contributed by atoms with Crippen LogP contribution in [-0.2, 0) is 6.54 Å². The molecule has 1 aromatic heterocycles. The van der Waals surface area contributed by atoms with Gasteiger partial charge in [0.15, 0.2) is 5.82 Å². The molecule has 6 heteroatoms. The van der Waals surface area contributed by atoms with Crippen LogP contribution in [0.25, 0.3) is 0 Å². The summed E-state index contributed by atoms with van der Waals surface area (Å²) in [5, 5.41) is 14.5. The number of hydrogen-bond donors (Lipinski definition) is 2. The lowest BCUT2D eigenvalue weighted by molar-refractivity contribution is 0.948. The van der Waals surface area contributed by atoms with Gasteiger partial charge in [0.2, 0.25) is 5.95 Å². The molecule has 0 radical (unpaired) electrons. The number of nitrogens with one attached hydrogen (secondary N) is 2. The SMILES string of the molecule is Cc1cccc(CNc2nncc(Nc3ccc(N(C)C)cc3)n2)c1. The summed E-state index contributed by atoms with van der Waals surface area (Å²) in [6, 6.07) is 16.4. The predicted octanol–water partition coefficient (Wildman–Crippen LogP) is 3.60. The Hall–Kier alpha value is -3.15. The molecule has 0 fully saturated rings. The summed E-state index contributed by atoms with van der Waals surface area (Å²) in [5.74, 6) is 1.15. The predicted molar refractivity (Wildman–Crippen MR) is 102 cm³/mol. The van der Waals surface area contributed by atoms with Crippen LogP contribution in [0, 0.1) is 6.92 Å². The fraction of sp³-hybridized carbons (Fsp3) is 0.211. The Bertz CT molecular complexity index is 829. The number of nitrogens with zero attached hydrogens (tertiary/aromatic N) is 4. The van der Waals surface area contributed by atoms with E-state index in [4.69, 9.17) is 0 Å². The molecular formula is C19H22N6. The Kier molecular flexibility index (Phi) is 5.09. The Balaban J connectivity index is 1.64. The topological polar surface area (TPSA) is 66.0 Å². The first-order valence-electron chi connectivity index (χ1n) is 8.14. The summed E-state index contributed by atoms with van der Waals surface area (Å²) in [7, 11) is 4.03. The maximum Gasteiger partial charge on any atom is 0.244 e. The van der Waals surface area contributed by atoms with Gasteiger partial charge in [-0.15, -0.1) is 5.10 Å². The molecule has 0 unspecified atom stereocenters. The summed E-state index contributed by atoms with van der Waals surface area (Å²) in [5.41, 5.74) is 4.51. The van der Waals surface area contributed by atoms with Crippen molar-refractivity contribution >= 4 is 23.1 Å². The molecule has 0 aliphatic carbocycles. The molecule has 0 saturated carbocycles. The van der Waals surface area contributed by atoms with Gasteiger partial charge in [0.05, 0.1) is 6.20 Å². The van der Waals surface area contributed by atoms with Crippen molar-refractivity contribution in [1.29, 1.82) is 0 Å². The lowest BCUT2D eigenvalue weighted by Gasteiger charge is -2.13. The Labute approximate surface area is 147 Å². The fourth-order valence-corrected chi connectivity index (χ4v) is 2.43. The van der Waals surface area contributed by atoms with Gasteiger partial charge in [-0.2, -0.15) is 10.1 Å². The first kappa shape index (κ1) is 16.7. The Morgan fingerprint density at radius 3 is 2.56 bits per heavy atom. The molecule has 0 aliphatic rings. The average Bonchev–Trinajstić information content (AvgIpc) is 2.61. The third kappa shape index (κ3) is 4.67. The van der Waals surface area contributed by atoms with Gasteiger partial charge < -0.3 is 15.5 Å². The molecule has 0 bridgehead atoms. The summed E-state index contributed by atoms with van der Waals surface area (Å²) in [6.07, 6.45) is 1.61. The zero-order chi connectivity index (χ0) is 17.6. The largest absolute Gasteiger partial charge is 0.378 e. The fourth-order valence-electron chi connectivity index (χ4n) is 2.43. The maximum absolute atomic E-state index is 4.46. The van der Waals surface area contributed by atoms with Crippen molar-refractivity contribution in [2.75, 3.05) is 29.6 Å². The van der Waals surface area contributed by atoms with Crippen LogP contribution in [0.2, 0.25) is 0 Å². The molecule has 0 spiro atoms. The van der Waals surface area contributed by atoms with Crippen LogP contribution in [0.4, 0.5) is 23.1 Å². The van der Waals surface area contributed by atoms with E-state index >= 15 is 0 Å². The van der Waals surface area contributed by atoms with E-state index in [9.17, 15) is 0 Å². The minimum absolute atomic E-state index is 0.497. The van der Waals surface area contributed by atoms with E-state index in [2.05, 4.69) is 55.8 Å². The molecule has 1 heterocycles. The van der Waals surface area contributed by atoms with Crippen LogP contribution in [0.3, 0.4) is 0 Å². The Morgan fingerprint density at radius 2 is 1.84 bits per heavy atom. The number of anilines is 4. The molecule has 0 amide bonds. The smallest absolute Gasteiger partial charge is 0.244 e. The van der Waals surface area contributed by atoms with Crippen molar-refractivity contribution in [2.45, 2.75) is 13.5 Å². The molecule has 2 aromatic carbocycles. The Morgan fingerprint density at radius 1 is 1.04 bits per heavy atom. The average molecular weight is 334 g/mol. The van der Waals surface area contributed by atoms with Crippen molar-refractivity contribution in [3.05, 3.63) is 65.9 Å². The lowest BCUT2D eigenvalue weighted by atomic mass is 10.1. The maximum atomic E-state index is 4.46. The molecule has 128 valence electrons. The first-order chi connectivity index (χ1) is 12.1. The van der Waals surface area contributed by atoms with Crippen LogP contribution >= 0.6 is 0 Å². The highest BCUT2D eigenvalue weighted by atomic mass is 15.3. The highest BCUT2D eigenvalue weighted by molar-refractivity contribution is 5.60. The highest BCUT2D eigenvalue weighted by Crippen LogP contribution is 2.19. The van der Waals surface area contributed by atoms with E-state index < -0.39 is 0 Å². The van der Waals surface area contributed by atoms with Crippen molar-refractivity contribution in [2.24, 2.45) is 0 Å². The van der Waals surface area contributed by atoms with E-state index in [-0.39, 0.29) is 0 Å². The normalized spacial score (nSPS) is 10.4. The van der Waals surface area contributed by atoms with Crippen molar-refractivity contribution in [3.8, 4) is 0 Å². The van der Waals surface area contributed by atoms with Gasteiger partial charge in [0.1, 0.15) is 0 Å². The number of aryl methyl sites for hydroxylation is 1. The number of rotatable bonds is 6. The number of benzene rings is 2. The molecule has 3 aromatic rings. The second kappa shape index (κ2) is 7.61. The number of hydrogen-bond acceptors (Lipinski definition) is 6. The van der Waals surface area contributed by atoms with Crippen LogP contribution in [0.1, 0.15) is 11.1 Å². The third-order valence-electron chi connectivity index (χ3n) is 3.75. The molecule has 0 saturated heterocycles. The quantitative estimate of drug-likeness (QED) is 0.718. The van der Waals surface area contributed by atoms with Gasteiger partial charge in [0, 0.05) is 32.0 Å². The molecule has 6 nitrogen and oxygen atoms in total. The van der Waals surface area contributed by atoms with Gasteiger partial charge in [-0.25, -0.2) is 0 Å². The molecule has 2 N–H and O–H groups in total. The first-order valence-corrected chi connectivity index (χ1v) is 8.14. The zero-order valence-electron chi connectivity index (χ0n) is 14.7. The zero-order valence-corrected chi connectivity index (χ0v) is 14.7. The van der Waals surface area contributed by atoms with E-state index in [1.54, 1.807) is 6.20 Å². The molecule has 3 rings (SSSR count). The van der Waals surface area contributed by atoms with Crippen LogP contribution in [0.15, 0.2) is 54.7 Å². The summed E-state index contributed by atoms with van der Waals surface area (Å²) in [4.78, 5) is 6.52. The lowest BCUT2D eigenvalue weighted by Crippen LogP contribution is -2.08. The monoisotopic (exact) mass is 334 g/mol. The molecular weight excluding hydrogens is 312 g/mol. The van der Waals surface area contributed by atoms with Crippen LogP contribution in [-0.4, -0.2) is 29.3 Å². The molecule has 25 heavy (non-hydrogen) atoms. The van der Waals surface area contributed by atoms with Crippen molar-refractivity contribution in [1.82, 2.24) is 15.2 Å². The minimum atomic E-state index is 0.497. The molecule has 0 atom stereocenters. The van der Waals surface area contributed by atoms with Gasteiger partial charge in [-0.3, -0.25) is 0 Å². The number of aromatic nitrogens is 3. The van der Waals surface area contributed by atoms with E-state index in [0.29, 0.717) is 18.3 Å². The van der Waals surface area contributed by atoms with Gasteiger partial charge in [-0.05, 0) is 36.8 Å². The third-order valence-corrected chi connectivity index (χ3v) is 3.75. The van der Waals surface area contributed by atoms with Crippen LogP contribution < -0.4 is 15.5 Å². The highest BCUT2D eigenvalue weighted by Gasteiger charge is 2.02. The van der Waals surface area contributed by atoms with Gasteiger partial charge in [-0.1, -0.05) is 29.8 Å². The van der Waals surface area contributed by atoms with Gasteiger partial charge in [0.25, 0.3) is 0 Å². The minimum Gasteiger partial charge on any atom is -0.378 e. The second-order valence-electron chi connectivity index (χ2n) is 6.07. The summed E-state index contributed by atoms with van der Waals surface area (Å²) >= 11 is 0. The standard InChI is InChI=1S/C19H22N6/c1-14-5-4-6-15(11-14)12-20-19-23-18(13-21-24-19)22-16-7-9-17(10-8-16)25(2)3/h4-11,13H,12H2,1-3H3,(H2,20,22,23,24). The van der Waals surface area contributed by atoms with Crippen molar-refractivity contribution < 1.29 is 0 Å². The summed E-state index contributed by atoms with van der Waals surface area (Å²) < 4.78 is 0. The van der Waals surface area contributed by atoms with E-state index in [0.717, 1.165) is 11.4 Å². The van der Waals surface area contributed by atoms with Crippen molar-refractivity contribution in [3.63, 3.8) is 0 Å². The van der Waals surface area contributed by atoms with Gasteiger partial charge >= 0.3 is 0 Å². The molecule has 0 aliphatic heterocycles. The summed E-state index contributed by atoms with van der Waals surface area (Å²) in [6.45, 7) is 2.73.